The van der Waals surface area contributed by atoms with Gasteiger partial charge in [0.1, 0.15) is 11.6 Å². The van der Waals surface area contributed by atoms with E-state index in [-0.39, 0.29) is 0 Å². The van der Waals surface area contributed by atoms with Crippen LogP contribution in [-0.2, 0) is 0 Å². The molecule has 2 N–H and O–H groups in total. The molecule has 0 aromatic heterocycles. The number of ether oxygens (including phenoxy) is 1. The van der Waals surface area contributed by atoms with Crippen molar-refractivity contribution < 1.29 is 4.74 Å². The van der Waals surface area contributed by atoms with Crippen molar-refractivity contribution in [1.82, 2.24) is 4.90 Å². The highest BCUT2D eigenvalue weighted by atomic mass is 16.5. The Bertz CT molecular complexity index is 372. The first kappa shape index (κ1) is 18.4. The molecular formula is C16H29N3O. The number of likely N-dealkylation sites (N-methyl/N-ethyl adjacent to an activating group) is 1. The van der Waals surface area contributed by atoms with E-state index < -0.39 is 0 Å². The zero-order chi connectivity index (χ0) is 15.4. The third-order valence-electron chi connectivity index (χ3n) is 2.45. The van der Waals surface area contributed by atoms with Crippen molar-refractivity contribution >= 4 is 5.84 Å². The molecule has 0 saturated carbocycles. The topological polar surface area (TPSA) is 50.9 Å². The van der Waals surface area contributed by atoms with Crippen LogP contribution in [-0.4, -0.2) is 44.5 Å². The summed E-state index contributed by atoms with van der Waals surface area (Å²) >= 11 is 0. The fraction of sp³-hybridized carbons (Fsp3) is 0.562. The summed E-state index contributed by atoms with van der Waals surface area (Å²) in [5, 5.41) is 0. The maximum Gasteiger partial charge on any atom is 0.125 e. The Hall–Kier alpha value is -1.55. The van der Waals surface area contributed by atoms with E-state index in [0.717, 1.165) is 30.9 Å². The number of rotatable bonds is 7. The minimum atomic E-state index is 0.582. The van der Waals surface area contributed by atoms with Gasteiger partial charge in [-0.05, 0) is 44.8 Å². The molecule has 1 aromatic carbocycles. The summed E-state index contributed by atoms with van der Waals surface area (Å²) in [6.45, 7) is 8.45. The van der Waals surface area contributed by atoms with Gasteiger partial charge in [-0.15, -0.1) is 0 Å². The second-order valence-electron chi connectivity index (χ2n) is 4.44. The van der Waals surface area contributed by atoms with E-state index in [1.54, 1.807) is 0 Å². The van der Waals surface area contributed by atoms with Gasteiger partial charge < -0.3 is 15.4 Å². The van der Waals surface area contributed by atoms with Crippen LogP contribution in [0.4, 0.5) is 0 Å². The fourth-order valence-electron chi connectivity index (χ4n) is 1.40. The van der Waals surface area contributed by atoms with E-state index >= 15 is 0 Å². The van der Waals surface area contributed by atoms with Crippen molar-refractivity contribution in [2.45, 2.75) is 27.2 Å². The molecule has 0 aliphatic carbocycles. The molecule has 0 saturated heterocycles. The van der Waals surface area contributed by atoms with E-state index in [0.29, 0.717) is 12.4 Å². The Kier molecular flexibility index (Phi) is 10.4. The molecule has 20 heavy (non-hydrogen) atoms. The van der Waals surface area contributed by atoms with Crippen LogP contribution in [0.15, 0.2) is 29.3 Å². The van der Waals surface area contributed by atoms with Gasteiger partial charge in [0.15, 0.2) is 0 Å². The van der Waals surface area contributed by atoms with Gasteiger partial charge in [-0.3, -0.25) is 4.99 Å². The first-order chi connectivity index (χ1) is 9.63. The van der Waals surface area contributed by atoms with Gasteiger partial charge in [-0.1, -0.05) is 20.8 Å². The van der Waals surface area contributed by atoms with E-state index in [2.05, 4.69) is 16.8 Å². The van der Waals surface area contributed by atoms with Crippen LogP contribution < -0.4 is 10.5 Å². The lowest BCUT2D eigenvalue weighted by molar-refractivity contribution is 0.317. The van der Waals surface area contributed by atoms with Gasteiger partial charge in [-0.25, -0.2) is 0 Å². The molecule has 0 spiro atoms. The summed E-state index contributed by atoms with van der Waals surface area (Å²) in [5.74, 6) is 1.46. The lowest BCUT2D eigenvalue weighted by Gasteiger charge is -2.08. The predicted molar refractivity (Wildman–Crippen MR) is 87.7 cm³/mol. The molecule has 0 unspecified atom stereocenters. The van der Waals surface area contributed by atoms with Gasteiger partial charge in [0.2, 0.25) is 0 Å². The minimum Gasteiger partial charge on any atom is -0.494 e. The molecule has 1 rings (SSSR count). The van der Waals surface area contributed by atoms with Crippen molar-refractivity contribution in [2.24, 2.45) is 10.7 Å². The summed E-state index contributed by atoms with van der Waals surface area (Å²) in [6, 6.07) is 7.75. The number of nitrogens with two attached hydrogens (primary N) is 1. The lowest BCUT2D eigenvalue weighted by Crippen LogP contribution is -2.19. The van der Waals surface area contributed by atoms with Crippen molar-refractivity contribution in [1.29, 1.82) is 0 Å². The molecule has 4 nitrogen and oxygen atoms in total. The summed E-state index contributed by atoms with van der Waals surface area (Å²) in [7, 11) is 4.04. The van der Waals surface area contributed by atoms with E-state index in [1.165, 1.54) is 0 Å². The van der Waals surface area contributed by atoms with Crippen molar-refractivity contribution in [3.05, 3.63) is 29.8 Å². The lowest BCUT2D eigenvalue weighted by atomic mass is 10.2. The summed E-state index contributed by atoms with van der Waals surface area (Å²) in [5.41, 5.74) is 6.86. The predicted octanol–water partition coefficient (Wildman–Crippen LogP) is 2.77. The number of amidine groups is 1. The third kappa shape index (κ3) is 7.79. The van der Waals surface area contributed by atoms with Crippen molar-refractivity contribution in [3.8, 4) is 5.75 Å². The highest BCUT2D eigenvalue weighted by Gasteiger charge is 1.99. The Balaban J connectivity index is 0.00000172. The molecule has 0 aliphatic heterocycles. The van der Waals surface area contributed by atoms with Gasteiger partial charge in [0.05, 0.1) is 13.2 Å². The number of hydrogen-bond acceptors (Lipinski definition) is 3. The van der Waals surface area contributed by atoms with E-state index in [1.807, 2.05) is 52.2 Å². The Labute approximate surface area is 123 Å². The normalized spacial score (nSPS) is 11.0. The number of aliphatic imine (C=N–C) groups is 1. The van der Waals surface area contributed by atoms with E-state index in [4.69, 9.17) is 10.5 Å². The maximum absolute atomic E-state index is 5.92. The molecule has 4 heteroatoms. The molecule has 0 heterocycles. The Morgan fingerprint density at radius 1 is 1.20 bits per heavy atom. The first-order valence-corrected chi connectivity index (χ1v) is 7.31. The average Bonchev–Trinajstić information content (AvgIpc) is 2.47. The molecule has 0 aliphatic rings. The fourth-order valence-corrected chi connectivity index (χ4v) is 1.40. The van der Waals surface area contributed by atoms with Gasteiger partial charge in [-0.2, -0.15) is 0 Å². The quantitative estimate of drug-likeness (QED) is 0.617. The van der Waals surface area contributed by atoms with Crippen LogP contribution in [0.5, 0.6) is 5.75 Å². The highest BCUT2D eigenvalue weighted by molar-refractivity contribution is 5.97. The van der Waals surface area contributed by atoms with Crippen LogP contribution in [0.1, 0.15) is 32.8 Å². The monoisotopic (exact) mass is 279 g/mol. The Morgan fingerprint density at radius 2 is 1.80 bits per heavy atom. The largest absolute Gasteiger partial charge is 0.494 e. The van der Waals surface area contributed by atoms with Crippen molar-refractivity contribution in [2.75, 3.05) is 33.8 Å². The van der Waals surface area contributed by atoms with Crippen LogP contribution >= 0.6 is 0 Å². The SMILES string of the molecule is CC.CCCOc1ccc(C(N)=NCCN(C)C)cc1. The summed E-state index contributed by atoms with van der Waals surface area (Å²) < 4.78 is 5.52. The Morgan fingerprint density at radius 3 is 2.30 bits per heavy atom. The molecule has 0 bridgehead atoms. The second-order valence-corrected chi connectivity index (χ2v) is 4.44. The van der Waals surface area contributed by atoms with Crippen LogP contribution in [0.2, 0.25) is 0 Å². The van der Waals surface area contributed by atoms with Crippen LogP contribution in [0, 0.1) is 0 Å². The second kappa shape index (κ2) is 11.3. The smallest absolute Gasteiger partial charge is 0.125 e. The summed E-state index contributed by atoms with van der Waals surface area (Å²) in [4.78, 5) is 6.42. The minimum absolute atomic E-state index is 0.582. The standard InChI is InChI=1S/C14H23N3O.C2H6/c1-4-11-18-13-7-5-12(6-8-13)14(15)16-9-10-17(2)3;1-2/h5-8H,4,9-11H2,1-3H3,(H2,15,16);1-2H3. The average molecular weight is 279 g/mol. The zero-order valence-corrected chi connectivity index (χ0v) is 13.5. The molecule has 0 atom stereocenters. The zero-order valence-electron chi connectivity index (χ0n) is 13.5. The molecule has 114 valence electrons. The number of benzene rings is 1. The molecule has 1 aromatic rings. The number of hydrogen-bond donors (Lipinski definition) is 1. The van der Waals surface area contributed by atoms with Gasteiger partial charge in [0, 0.05) is 12.1 Å². The van der Waals surface area contributed by atoms with Crippen LogP contribution in [0.3, 0.4) is 0 Å². The molecule has 0 amide bonds. The maximum atomic E-state index is 5.92. The highest BCUT2D eigenvalue weighted by Crippen LogP contribution is 2.12. The van der Waals surface area contributed by atoms with Gasteiger partial charge in [0.25, 0.3) is 0 Å². The first-order valence-electron chi connectivity index (χ1n) is 7.31. The molecule has 0 fully saturated rings. The van der Waals surface area contributed by atoms with Crippen molar-refractivity contribution in [3.63, 3.8) is 0 Å². The number of nitrogens with zero attached hydrogens (tertiary/aromatic N) is 2. The van der Waals surface area contributed by atoms with E-state index in [9.17, 15) is 0 Å². The van der Waals surface area contributed by atoms with Crippen LogP contribution in [0.25, 0.3) is 0 Å². The molecular weight excluding hydrogens is 250 g/mol. The molecule has 0 radical (unpaired) electrons. The summed E-state index contributed by atoms with van der Waals surface area (Å²) in [6.07, 6.45) is 1.01. The third-order valence-corrected chi connectivity index (χ3v) is 2.45. The van der Waals surface area contributed by atoms with Gasteiger partial charge >= 0.3 is 0 Å².